The summed E-state index contributed by atoms with van der Waals surface area (Å²) in [5.74, 6) is 1.06. The minimum Gasteiger partial charge on any atom is -0.438 e. The molecule has 4 aromatic rings. The third kappa shape index (κ3) is 4.86. The molecule has 3 heterocycles. The summed E-state index contributed by atoms with van der Waals surface area (Å²) in [4.78, 5) is 26.6. The molecule has 0 spiro atoms. The number of benzene rings is 3. The quantitative estimate of drug-likeness (QED) is 0.323. The molecule has 8 heteroatoms. The van der Waals surface area contributed by atoms with E-state index in [1.165, 1.54) is 6.07 Å². The lowest BCUT2D eigenvalue weighted by molar-refractivity contribution is 0.102. The predicted octanol–water partition coefficient (Wildman–Crippen LogP) is 6.40. The van der Waals surface area contributed by atoms with Crippen LogP contribution >= 0.6 is 0 Å². The van der Waals surface area contributed by atoms with Gasteiger partial charge in [-0.2, -0.15) is 4.98 Å². The number of carbonyl (C=O) groups excluding carboxylic acids is 1. The number of amides is 1. The molecule has 0 saturated carbocycles. The number of nitrogens with one attached hydrogen (secondary N) is 1. The van der Waals surface area contributed by atoms with E-state index in [2.05, 4.69) is 20.2 Å². The first-order chi connectivity index (χ1) is 18.7. The Bertz CT molecular complexity index is 1460. The lowest BCUT2D eigenvalue weighted by atomic mass is 10.0. The van der Waals surface area contributed by atoms with Gasteiger partial charge in [0.25, 0.3) is 5.91 Å². The van der Waals surface area contributed by atoms with Crippen LogP contribution in [0.3, 0.4) is 0 Å². The number of anilines is 3. The highest BCUT2D eigenvalue weighted by molar-refractivity contribution is 6.12. The van der Waals surface area contributed by atoms with Gasteiger partial charge < -0.3 is 19.9 Å². The van der Waals surface area contributed by atoms with Crippen molar-refractivity contribution in [1.82, 2.24) is 9.97 Å². The van der Waals surface area contributed by atoms with Crippen molar-refractivity contribution in [3.63, 3.8) is 0 Å². The Morgan fingerprint density at radius 3 is 2.37 bits per heavy atom. The zero-order valence-corrected chi connectivity index (χ0v) is 21.2. The predicted molar refractivity (Wildman–Crippen MR) is 148 cm³/mol. The van der Waals surface area contributed by atoms with Gasteiger partial charge in [0.1, 0.15) is 11.6 Å². The van der Waals surface area contributed by atoms with Crippen molar-refractivity contribution < 1.29 is 13.9 Å². The van der Waals surface area contributed by atoms with Crippen LogP contribution in [0, 0.1) is 5.82 Å². The number of carbonyl (C=O) groups is 1. The van der Waals surface area contributed by atoms with Crippen molar-refractivity contribution in [2.45, 2.75) is 32.1 Å². The van der Waals surface area contributed by atoms with Crippen molar-refractivity contribution in [3.05, 3.63) is 78.2 Å². The maximum Gasteiger partial charge on any atom is 0.257 e. The van der Waals surface area contributed by atoms with Gasteiger partial charge in [-0.25, -0.2) is 9.37 Å². The van der Waals surface area contributed by atoms with Crippen LogP contribution in [0.5, 0.6) is 11.6 Å². The Balaban J connectivity index is 1.28. The van der Waals surface area contributed by atoms with E-state index in [-0.39, 0.29) is 11.7 Å². The van der Waals surface area contributed by atoms with E-state index in [0.29, 0.717) is 34.5 Å². The molecule has 2 saturated heterocycles. The molecule has 1 aromatic heterocycles. The first kappa shape index (κ1) is 24.2. The summed E-state index contributed by atoms with van der Waals surface area (Å²) >= 11 is 0. The highest BCUT2D eigenvalue weighted by atomic mass is 19.1. The van der Waals surface area contributed by atoms with Crippen LogP contribution in [0.25, 0.3) is 10.8 Å². The molecule has 194 valence electrons. The van der Waals surface area contributed by atoms with Crippen molar-refractivity contribution in [3.8, 4) is 11.6 Å². The molecule has 0 radical (unpaired) electrons. The SMILES string of the molecule is O=C(Nc1ccc(Oc2ccnc(N3CCCC3)n2)c2ccccc12)c1cccc(F)c1N1CCCCC1. The van der Waals surface area contributed by atoms with Crippen molar-refractivity contribution in [2.75, 3.05) is 41.3 Å². The second kappa shape index (κ2) is 10.7. The Morgan fingerprint density at radius 1 is 0.816 bits per heavy atom. The molecule has 0 unspecified atom stereocenters. The van der Waals surface area contributed by atoms with Gasteiger partial charge in [-0.1, -0.05) is 30.3 Å². The van der Waals surface area contributed by atoms with Gasteiger partial charge in [0, 0.05) is 54.9 Å². The fourth-order valence-corrected chi connectivity index (χ4v) is 5.37. The number of piperidine rings is 1. The van der Waals surface area contributed by atoms with E-state index >= 15 is 0 Å². The maximum atomic E-state index is 14.9. The van der Waals surface area contributed by atoms with Gasteiger partial charge in [0.15, 0.2) is 0 Å². The highest BCUT2D eigenvalue weighted by Crippen LogP contribution is 2.35. The monoisotopic (exact) mass is 511 g/mol. The summed E-state index contributed by atoms with van der Waals surface area (Å²) in [6.45, 7) is 3.40. The topological polar surface area (TPSA) is 70.6 Å². The molecule has 0 atom stereocenters. The zero-order chi connectivity index (χ0) is 25.9. The van der Waals surface area contributed by atoms with Crippen LogP contribution in [0.4, 0.5) is 21.7 Å². The molecule has 6 rings (SSSR count). The van der Waals surface area contributed by atoms with E-state index < -0.39 is 0 Å². The fraction of sp³-hybridized carbons (Fsp3) is 0.300. The first-order valence-electron chi connectivity index (χ1n) is 13.3. The van der Waals surface area contributed by atoms with Crippen LogP contribution in [0.15, 0.2) is 66.9 Å². The number of nitrogens with zero attached hydrogens (tertiary/aromatic N) is 4. The summed E-state index contributed by atoms with van der Waals surface area (Å²) in [5.41, 5.74) is 1.35. The third-order valence-corrected chi connectivity index (χ3v) is 7.26. The van der Waals surface area contributed by atoms with Crippen molar-refractivity contribution in [2.24, 2.45) is 0 Å². The van der Waals surface area contributed by atoms with Crippen LogP contribution in [0.1, 0.15) is 42.5 Å². The maximum absolute atomic E-state index is 14.9. The molecule has 0 bridgehead atoms. The summed E-state index contributed by atoms with van der Waals surface area (Å²) in [5, 5.41) is 4.68. The molecule has 0 aliphatic carbocycles. The van der Waals surface area contributed by atoms with Gasteiger partial charge in [0.05, 0.1) is 11.3 Å². The Labute approximate surface area is 221 Å². The minimum absolute atomic E-state index is 0.338. The number of hydrogen-bond donors (Lipinski definition) is 1. The molecule has 2 fully saturated rings. The van der Waals surface area contributed by atoms with Crippen molar-refractivity contribution in [1.29, 1.82) is 0 Å². The number of fused-ring (bicyclic) bond motifs is 1. The number of rotatable bonds is 6. The van der Waals surface area contributed by atoms with Crippen LogP contribution in [0.2, 0.25) is 0 Å². The lowest BCUT2D eigenvalue weighted by Gasteiger charge is -2.30. The average Bonchev–Trinajstić information content (AvgIpc) is 3.50. The lowest BCUT2D eigenvalue weighted by Crippen LogP contribution is -2.32. The minimum atomic E-state index is -0.369. The number of aromatic nitrogens is 2. The number of para-hydroxylation sites is 1. The summed E-state index contributed by atoms with van der Waals surface area (Å²) in [6.07, 6.45) is 7.11. The van der Waals surface area contributed by atoms with Crippen LogP contribution < -0.4 is 19.9 Å². The number of ether oxygens (including phenoxy) is 1. The van der Waals surface area contributed by atoms with Crippen molar-refractivity contribution >= 4 is 34.0 Å². The summed E-state index contributed by atoms with van der Waals surface area (Å²) < 4.78 is 21.1. The van der Waals surface area contributed by atoms with Gasteiger partial charge in [-0.05, 0) is 56.4 Å². The molecule has 2 aliphatic heterocycles. The highest BCUT2D eigenvalue weighted by Gasteiger charge is 2.23. The zero-order valence-electron chi connectivity index (χ0n) is 21.2. The number of halogens is 1. The average molecular weight is 512 g/mol. The molecule has 3 aromatic carbocycles. The van der Waals surface area contributed by atoms with Gasteiger partial charge in [-0.3, -0.25) is 4.79 Å². The molecular formula is C30H30FN5O2. The van der Waals surface area contributed by atoms with E-state index in [1.54, 1.807) is 24.4 Å². The third-order valence-electron chi connectivity index (χ3n) is 7.26. The van der Waals surface area contributed by atoms with E-state index in [9.17, 15) is 9.18 Å². The van der Waals surface area contributed by atoms with E-state index in [0.717, 1.165) is 69.1 Å². The largest absolute Gasteiger partial charge is 0.438 e. The Kier molecular flexibility index (Phi) is 6.77. The second-order valence-electron chi connectivity index (χ2n) is 9.79. The first-order valence-corrected chi connectivity index (χ1v) is 13.3. The molecule has 38 heavy (non-hydrogen) atoms. The molecule has 7 nitrogen and oxygen atoms in total. The van der Waals surface area contributed by atoms with Gasteiger partial charge >= 0.3 is 0 Å². The fourth-order valence-electron chi connectivity index (χ4n) is 5.37. The van der Waals surface area contributed by atoms with Gasteiger partial charge in [0.2, 0.25) is 11.8 Å². The standard InChI is InChI=1S/C30H30FN5O2/c31-24-12-8-11-23(28(24)35-17-4-1-5-18-35)29(37)33-25-13-14-26(22-10-3-2-9-21(22)25)38-27-15-16-32-30(34-27)36-19-6-7-20-36/h2-3,8-16H,1,4-7,17-20H2,(H,33,37). The smallest absolute Gasteiger partial charge is 0.257 e. The second-order valence-corrected chi connectivity index (χ2v) is 9.79. The van der Waals surface area contributed by atoms with E-state index in [1.807, 2.05) is 41.3 Å². The van der Waals surface area contributed by atoms with E-state index in [4.69, 9.17) is 4.74 Å². The summed E-state index contributed by atoms with van der Waals surface area (Å²) in [6, 6.07) is 17.8. The molecule has 2 aliphatic rings. The summed E-state index contributed by atoms with van der Waals surface area (Å²) in [7, 11) is 0. The molecular weight excluding hydrogens is 481 g/mol. The van der Waals surface area contributed by atoms with Crippen LogP contribution in [-0.2, 0) is 0 Å². The Hall–Kier alpha value is -4.20. The molecule has 1 amide bonds. The van der Waals surface area contributed by atoms with Gasteiger partial charge in [-0.15, -0.1) is 0 Å². The van der Waals surface area contributed by atoms with Crippen LogP contribution in [-0.4, -0.2) is 42.1 Å². The molecule has 1 N–H and O–H groups in total. The normalized spacial score (nSPS) is 15.6. The Morgan fingerprint density at radius 2 is 1.55 bits per heavy atom. The number of hydrogen-bond acceptors (Lipinski definition) is 6.